The molecular weight excluding hydrogens is 244 g/mol. The van der Waals surface area contributed by atoms with E-state index >= 15 is 0 Å². The fourth-order valence-corrected chi connectivity index (χ4v) is 2.26. The second kappa shape index (κ2) is 4.51. The first-order valence-corrected chi connectivity index (χ1v) is 6.31. The number of hydrogen-bond acceptors (Lipinski definition) is 1. The molecular formula is C16H13ClO. The molecule has 2 aromatic carbocycles. The van der Waals surface area contributed by atoms with Crippen molar-refractivity contribution < 1.29 is 4.74 Å². The van der Waals surface area contributed by atoms with Crippen LogP contribution in [0.2, 0.25) is 5.02 Å². The molecule has 1 heterocycles. The van der Waals surface area contributed by atoms with Crippen molar-refractivity contribution in [1.29, 1.82) is 0 Å². The Morgan fingerprint density at radius 1 is 1.06 bits per heavy atom. The number of rotatable bonds is 0. The lowest BCUT2D eigenvalue weighted by Crippen LogP contribution is -2.01. The first-order chi connectivity index (χ1) is 8.74. The Morgan fingerprint density at radius 3 is 2.72 bits per heavy atom. The topological polar surface area (TPSA) is 9.23 Å². The standard InChI is InChI=1S/C16H13ClO/c1-11-8-16-13(9-15(11)17)7-6-12-4-2-3-5-14(12)10-18-16/h2-9H,10H2,1H3/b7-6-. The maximum atomic E-state index is 6.15. The maximum absolute atomic E-state index is 6.15. The van der Waals surface area contributed by atoms with Gasteiger partial charge in [-0.25, -0.2) is 0 Å². The van der Waals surface area contributed by atoms with Crippen LogP contribution in [0, 0.1) is 6.92 Å². The van der Waals surface area contributed by atoms with Crippen LogP contribution in [-0.4, -0.2) is 0 Å². The fourth-order valence-electron chi connectivity index (χ4n) is 2.09. The van der Waals surface area contributed by atoms with Gasteiger partial charge in [-0.2, -0.15) is 0 Å². The minimum atomic E-state index is 0.592. The molecule has 3 rings (SSSR count). The molecule has 0 spiro atoms. The Balaban J connectivity index is 2.11. The molecule has 0 N–H and O–H groups in total. The largest absolute Gasteiger partial charge is 0.488 e. The Kier molecular flexibility index (Phi) is 2.85. The smallest absolute Gasteiger partial charge is 0.127 e. The highest BCUT2D eigenvalue weighted by molar-refractivity contribution is 6.31. The number of fused-ring (bicyclic) bond motifs is 2. The van der Waals surface area contributed by atoms with E-state index in [1.54, 1.807) is 0 Å². The quantitative estimate of drug-likeness (QED) is 0.663. The predicted molar refractivity (Wildman–Crippen MR) is 75.9 cm³/mol. The molecule has 0 radical (unpaired) electrons. The van der Waals surface area contributed by atoms with E-state index < -0.39 is 0 Å². The Morgan fingerprint density at radius 2 is 1.83 bits per heavy atom. The summed E-state index contributed by atoms with van der Waals surface area (Å²) in [6, 6.07) is 12.2. The van der Waals surface area contributed by atoms with Crippen molar-refractivity contribution in [3.05, 3.63) is 63.7 Å². The van der Waals surface area contributed by atoms with Crippen LogP contribution in [0.15, 0.2) is 36.4 Å². The van der Waals surface area contributed by atoms with Crippen LogP contribution in [0.4, 0.5) is 0 Å². The van der Waals surface area contributed by atoms with Crippen molar-refractivity contribution in [1.82, 2.24) is 0 Å². The molecule has 0 aromatic heterocycles. The highest BCUT2D eigenvalue weighted by Crippen LogP contribution is 2.31. The molecule has 2 heteroatoms. The van der Waals surface area contributed by atoms with Gasteiger partial charge < -0.3 is 4.74 Å². The van der Waals surface area contributed by atoms with E-state index in [1.807, 2.05) is 31.2 Å². The second-order valence-corrected chi connectivity index (χ2v) is 4.87. The highest BCUT2D eigenvalue weighted by Gasteiger charge is 2.09. The average molecular weight is 257 g/mol. The van der Waals surface area contributed by atoms with E-state index in [1.165, 1.54) is 11.1 Å². The maximum Gasteiger partial charge on any atom is 0.127 e. The third-order valence-electron chi connectivity index (χ3n) is 3.17. The lowest BCUT2D eigenvalue weighted by Gasteiger charge is -2.15. The van der Waals surface area contributed by atoms with Crippen molar-refractivity contribution in [3.63, 3.8) is 0 Å². The summed E-state index contributed by atoms with van der Waals surface area (Å²) in [7, 11) is 0. The van der Waals surface area contributed by atoms with Gasteiger partial charge >= 0.3 is 0 Å². The van der Waals surface area contributed by atoms with Crippen LogP contribution in [0.1, 0.15) is 22.3 Å². The summed E-state index contributed by atoms with van der Waals surface area (Å²) in [6.07, 6.45) is 4.17. The minimum Gasteiger partial charge on any atom is -0.488 e. The molecule has 0 amide bonds. The molecule has 0 aliphatic carbocycles. The van der Waals surface area contributed by atoms with Gasteiger partial charge in [-0.05, 0) is 35.7 Å². The van der Waals surface area contributed by atoms with E-state index in [-0.39, 0.29) is 0 Å². The van der Waals surface area contributed by atoms with E-state index in [2.05, 4.69) is 24.3 Å². The second-order valence-electron chi connectivity index (χ2n) is 4.46. The van der Waals surface area contributed by atoms with Gasteiger partial charge in [-0.3, -0.25) is 0 Å². The fraction of sp³-hybridized carbons (Fsp3) is 0.125. The van der Waals surface area contributed by atoms with Crippen molar-refractivity contribution in [3.8, 4) is 5.75 Å². The van der Waals surface area contributed by atoms with Crippen molar-refractivity contribution in [2.75, 3.05) is 0 Å². The third-order valence-corrected chi connectivity index (χ3v) is 3.58. The molecule has 1 aliphatic heterocycles. The molecule has 90 valence electrons. The van der Waals surface area contributed by atoms with Crippen LogP contribution < -0.4 is 4.74 Å². The van der Waals surface area contributed by atoms with Crippen LogP contribution in [0.5, 0.6) is 5.75 Å². The summed E-state index contributed by atoms with van der Waals surface area (Å²) in [5.41, 5.74) is 4.46. The van der Waals surface area contributed by atoms with Crippen molar-refractivity contribution in [2.45, 2.75) is 13.5 Å². The first-order valence-electron chi connectivity index (χ1n) is 5.93. The SMILES string of the molecule is Cc1cc2c(cc1Cl)/C=C\c1ccccc1CO2. The summed E-state index contributed by atoms with van der Waals surface area (Å²) < 4.78 is 5.88. The molecule has 1 aliphatic rings. The van der Waals surface area contributed by atoms with Gasteiger partial charge in [0.25, 0.3) is 0 Å². The predicted octanol–water partition coefficient (Wildman–Crippen LogP) is 4.71. The summed E-state index contributed by atoms with van der Waals surface area (Å²) in [5.74, 6) is 0.891. The molecule has 0 fully saturated rings. The third kappa shape index (κ3) is 2.02. The normalized spacial score (nSPS) is 14.8. The number of ether oxygens (including phenoxy) is 1. The molecule has 0 unspecified atom stereocenters. The molecule has 2 aromatic rings. The lowest BCUT2D eigenvalue weighted by atomic mass is 10.0. The van der Waals surface area contributed by atoms with Crippen LogP contribution in [0.25, 0.3) is 12.2 Å². The lowest BCUT2D eigenvalue weighted by molar-refractivity contribution is 0.305. The zero-order chi connectivity index (χ0) is 12.5. The van der Waals surface area contributed by atoms with Gasteiger partial charge in [-0.15, -0.1) is 0 Å². The van der Waals surface area contributed by atoms with E-state index in [0.29, 0.717) is 6.61 Å². The molecule has 0 saturated carbocycles. The van der Waals surface area contributed by atoms with Crippen LogP contribution in [0.3, 0.4) is 0 Å². The molecule has 0 bridgehead atoms. The Labute approximate surface area is 112 Å². The van der Waals surface area contributed by atoms with E-state index in [0.717, 1.165) is 21.9 Å². The molecule has 0 atom stereocenters. The summed E-state index contributed by atoms with van der Waals surface area (Å²) in [5, 5.41) is 0.774. The highest BCUT2D eigenvalue weighted by atomic mass is 35.5. The van der Waals surface area contributed by atoms with Gasteiger partial charge in [-0.1, -0.05) is 48.0 Å². The summed E-state index contributed by atoms with van der Waals surface area (Å²) in [4.78, 5) is 0. The van der Waals surface area contributed by atoms with Gasteiger partial charge in [0.2, 0.25) is 0 Å². The Hall–Kier alpha value is -1.73. The van der Waals surface area contributed by atoms with Crippen molar-refractivity contribution >= 4 is 23.8 Å². The van der Waals surface area contributed by atoms with Gasteiger partial charge in [0.05, 0.1) is 0 Å². The average Bonchev–Trinajstić information content (AvgIpc) is 2.36. The molecule has 18 heavy (non-hydrogen) atoms. The van der Waals surface area contributed by atoms with Crippen molar-refractivity contribution in [2.24, 2.45) is 0 Å². The number of benzene rings is 2. The van der Waals surface area contributed by atoms with Crippen LogP contribution >= 0.6 is 11.6 Å². The van der Waals surface area contributed by atoms with E-state index in [9.17, 15) is 0 Å². The zero-order valence-corrected chi connectivity index (χ0v) is 10.9. The minimum absolute atomic E-state index is 0.592. The van der Waals surface area contributed by atoms with Crippen LogP contribution in [-0.2, 0) is 6.61 Å². The van der Waals surface area contributed by atoms with Gasteiger partial charge in [0.1, 0.15) is 12.4 Å². The molecule has 1 nitrogen and oxygen atoms in total. The Bertz CT molecular complexity index is 629. The zero-order valence-electron chi connectivity index (χ0n) is 10.1. The monoisotopic (exact) mass is 256 g/mol. The first kappa shape index (κ1) is 11.4. The summed E-state index contributed by atoms with van der Waals surface area (Å²) in [6.45, 7) is 2.58. The number of halogens is 1. The van der Waals surface area contributed by atoms with Gasteiger partial charge in [0, 0.05) is 10.6 Å². The van der Waals surface area contributed by atoms with Gasteiger partial charge in [0.15, 0.2) is 0 Å². The molecule has 0 saturated heterocycles. The number of aryl methyl sites for hydroxylation is 1. The number of hydrogen-bond donors (Lipinski definition) is 0. The van der Waals surface area contributed by atoms with E-state index in [4.69, 9.17) is 16.3 Å². The summed E-state index contributed by atoms with van der Waals surface area (Å²) >= 11 is 6.15.